The van der Waals surface area contributed by atoms with Gasteiger partial charge in [0.15, 0.2) is 0 Å². The Bertz CT molecular complexity index is 596. The molecular formula is C20H29NOS. The summed E-state index contributed by atoms with van der Waals surface area (Å²) in [4.78, 5) is 3.85. The van der Waals surface area contributed by atoms with Gasteiger partial charge in [0.1, 0.15) is 5.75 Å². The summed E-state index contributed by atoms with van der Waals surface area (Å²) in [5.74, 6) is 0.671. The zero-order chi connectivity index (χ0) is 17.0. The number of hydrogen-bond acceptors (Lipinski definition) is 3. The van der Waals surface area contributed by atoms with E-state index >= 15 is 0 Å². The van der Waals surface area contributed by atoms with Crippen LogP contribution in [0.5, 0.6) is 5.75 Å². The van der Waals surface area contributed by atoms with Crippen molar-refractivity contribution in [3.63, 3.8) is 0 Å². The zero-order valence-electron chi connectivity index (χ0n) is 14.9. The monoisotopic (exact) mass is 331 g/mol. The van der Waals surface area contributed by atoms with E-state index in [2.05, 4.69) is 63.1 Å². The van der Waals surface area contributed by atoms with E-state index in [1.807, 2.05) is 12.1 Å². The van der Waals surface area contributed by atoms with Gasteiger partial charge in [-0.15, -0.1) is 11.3 Å². The smallest absolute Gasteiger partial charge is 0.119 e. The van der Waals surface area contributed by atoms with Crippen LogP contribution in [-0.2, 0) is 0 Å². The molecule has 0 saturated heterocycles. The highest BCUT2D eigenvalue weighted by molar-refractivity contribution is 7.10. The van der Waals surface area contributed by atoms with E-state index in [-0.39, 0.29) is 5.92 Å². The number of benzene rings is 1. The Morgan fingerprint density at radius 1 is 1.09 bits per heavy atom. The molecule has 0 spiro atoms. The Morgan fingerprint density at radius 3 is 2.35 bits per heavy atom. The first-order valence-electron chi connectivity index (χ1n) is 8.48. The number of aryl methyl sites for hydroxylation is 1. The van der Waals surface area contributed by atoms with Crippen LogP contribution in [0.2, 0.25) is 0 Å². The van der Waals surface area contributed by atoms with Gasteiger partial charge in [0, 0.05) is 28.4 Å². The van der Waals surface area contributed by atoms with E-state index in [1.165, 1.54) is 10.4 Å². The normalized spacial score (nSPS) is 13.2. The summed E-state index contributed by atoms with van der Waals surface area (Å²) in [5.41, 5.74) is 2.25. The summed E-state index contributed by atoms with van der Waals surface area (Å²) in [5, 5.41) is 12.5. The van der Waals surface area contributed by atoms with Crippen LogP contribution in [0, 0.1) is 6.92 Å². The molecule has 1 aromatic carbocycles. The summed E-state index contributed by atoms with van der Waals surface area (Å²) in [7, 11) is 0. The first-order chi connectivity index (χ1) is 10.9. The lowest BCUT2D eigenvalue weighted by Crippen LogP contribution is -2.38. The van der Waals surface area contributed by atoms with Gasteiger partial charge in [0.25, 0.3) is 0 Å². The molecule has 0 fully saturated rings. The minimum absolute atomic E-state index is 0.259. The van der Waals surface area contributed by atoms with Crippen LogP contribution in [0.3, 0.4) is 0 Å². The van der Waals surface area contributed by atoms with Crippen molar-refractivity contribution in [2.24, 2.45) is 0 Å². The fraction of sp³-hybridized carbons (Fsp3) is 0.500. The van der Waals surface area contributed by atoms with Gasteiger partial charge in [-0.05, 0) is 65.1 Å². The molecular weight excluding hydrogens is 302 g/mol. The lowest BCUT2D eigenvalue weighted by atomic mass is 9.91. The summed E-state index contributed by atoms with van der Waals surface area (Å²) in [6.45, 7) is 12.1. The molecule has 0 aliphatic carbocycles. The quantitative estimate of drug-likeness (QED) is 0.734. The minimum Gasteiger partial charge on any atom is -0.508 e. The zero-order valence-corrected chi connectivity index (χ0v) is 15.7. The van der Waals surface area contributed by atoms with Crippen molar-refractivity contribution in [2.75, 3.05) is 6.54 Å². The van der Waals surface area contributed by atoms with Crippen LogP contribution in [0.1, 0.15) is 56.0 Å². The Labute approximate surface area is 144 Å². The number of nitrogens with zero attached hydrogens (tertiary/aromatic N) is 1. The molecule has 1 aromatic heterocycles. The molecule has 126 valence electrons. The highest BCUT2D eigenvalue weighted by atomic mass is 32.1. The topological polar surface area (TPSA) is 23.5 Å². The van der Waals surface area contributed by atoms with Gasteiger partial charge in [0.05, 0.1) is 0 Å². The number of hydrogen-bond donors (Lipinski definition) is 1. The molecule has 0 aliphatic rings. The van der Waals surface area contributed by atoms with E-state index in [9.17, 15) is 5.11 Å². The predicted octanol–water partition coefficient (Wildman–Crippen LogP) is 5.40. The van der Waals surface area contributed by atoms with Crippen LogP contribution < -0.4 is 0 Å². The Balaban J connectivity index is 2.27. The Morgan fingerprint density at radius 2 is 1.78 bits per heavy atom. The fourth-order valence-electron chi connectivity index (χ4n) is 3.28. The van der Waals surface area contributed by atoms with Crippen molar-refractivity contribution in [1.29, 1.82) is 0 Å². The van der Waals surface area contributed by atoms with Crippen molar-refractivity contribution in [3.05, 3.63) is 51.7 Å². The molecule has 1 unspecified atom stereocenters. The molecule has 2 nitrogen and oxygen atoms in total. The van der Waals surface area contributed by atoms with Crippen molar-refractivity contribution in [3.8, 4) is 5.75 Å². The summed E-state index contributed by atoms with van der Waals surface area (Å²) >= 11 is 1.78. The number of aromatic hydroxyl groups is 1. The fourth-order valence-corrected chi connectivity index (χ4v) is 4.16. The predicted molar refractivity (Wildman–Crippen MR) is 101 cm³/mol. The van der Waals surface area contributed by atoms with Crippen molar-refractivity contribution in [1.82, 2.24) is 4.90 Å². The SMILES string of the molecule is Cc1ccc(O)c(C(CCN(C(C)C)C(C)C)c2cccs2)c1. The van der Waals surface area contributed by atoms with Gasteiger partial charge in [-0.25, -0.2) is 0 Å². The lowest BCUT2D eigenvalue weighted by molar-refractivity contribution is 0.170. The molecule has 0 bridgehead atoms. The number of phenols is 1. The van der Waals surface area contributed by atoms with E-state index < -0.39 is 0 Å². The van der Waals surface area contributed by atoms with Gasteiger partial charge < -0.3 is 5.11 Å². The average molecular weight is 332 g/mol. The molecule has 1 N–H and O–H groups in total. The van der Waals surface area contributed by atoms with E-state index in [4.69, 9.17) is 0 Å². The molecule has 0 radical (unpaired) electrons. The van der Waals surface area contributed by atoms with Crippen LogP contribution in [-0.4, -0.2) is 28.6 Å². The number of phenolic OH excluding ortho intramolecular Hbond substituents is 1. The highest BCUT2D eigenvalue weighted by Gasteiger charge is 2.22. The maximum atomic E-state index is 10.4. The molecule has 2 aromatic rings. The van der Waals surface area contributed by atoms with Crippen LogP contribution in [0.25, 0.3) is 0 Å². The van der Waals surface area contributed by atoms with E-state index in [0.717, 1.165) is 18.5 Å². The van der Waals surface area contributed by atoms with Crippen LogP contribution in [0.15, 0.2) is 35.7 Å². The second kappa shape index (κ2) is 7.98. The standard InChI is InChI=1S/C20H29NOS/c1-14(2)21(15(3)4)11-10-17(20-7-6-12-23-20)18-13-16(5)8-9-19(18)22/h6-9,12-15,17,22H,10-11H2,1-5H3. The van der Waals surface area contributed by atoms with Gasteiger partial charge in [0.2, 0.25) is 0 Å². The lowest BCUT2D eigenvalue weighted by Gasteiger charge is -2.32. The van der Waals surface area contributed by atoms with Gasteiger partial charge in [-0.2, -0.15) is 0 Å². The molecule has 1 atom stereocenters. The van der Waals surface area contributed by atoms with Crippen LogP contribution >= 0.6 is 11.3 Å². The molecule has 0 amide bonds. The molecule has 2 rings (SSSR count). The van der Waals surface area contributed by atoms with Crippen LogP contribution in [0.4, 0.5) is 0 Å². The maximum Gasteiger partial charge on any atom is 0.119 e. The minimum atomic E-state index is 0.259. The molecule has 0 saturated carbocycles. The second-order valence-corrected chi connectivity index (χ2v) is 7.82. The third-order valence-corrected chi connectivity index (χ3v) is 5.43. The average Bonchev–Trinajstić information content (AvgIpc) is 2.99. The van der Waals surface area contributed by atoms with Gasteiger partial charge in [-0.3, -0.25) is 4.90 Å². The van der Waals surface area contributed by atoms with Crippen molar-refractivity contribution in [2.45, 2.75) is 59.0 Å². The summed E-state index contributed by atoms with van der Waals surface area (Å²) in [6, 6.07) is 11.3. The summed E-state index contributed by atoms with van der Waals surface area (Å²) < 4.78 is 0. The van der Waals surface area contributed by atoms with E-state index in [0.29, 0.717) is 17.8 Å². The van der Waals surface area contributed by atoms with Gasteiger partial charge >= 0.3 is 0 Å². The molecule has 0 aliphatic heterocycles. The highest BCUT2D eigenvalue weighted by Crippen LogP contribution is 2.37. The molecule has 23 heavy (non-hydrogen) atoms. The molecule has 3 heteroatoms. The number of rotatable bonds is 7. The first-order valence-corrected chi connectivity index (χ1v) is 9.36. The number of thiophene rings is 1. The largest absolute Gasteiger partial charge is 0.508 e. The maximum absolute atomic E-state index is 10.4. The van der Waals surface area contributed by atoms with Crippen molar-refractivity contribution >= 4 is 11.3 Å². The van der Waals surface area contributed by atoms with E-state index in [1.54, 1.807) is 11.3 Å². The Kier molecular flexibility index (Phi) is 6.25. The Hall–Kier alpha value is -1.32. The second-order valence-electron chi connectivity index (χ2n) is 6.84. The molecule has 1 heterocycles. The third-order valence-electron chi connectivity index (χ3n) is 4.45. The van der Waals surface area contributed by atoms with Crippen molar-refractivity contribution < 1.29 is 5.11 Å². The van der Waals surface area contributed by atoms with Gasteiger partial charge in [-0.1, -0.05) is 23.8 Å². The first kappa shape index (κ1) is 18.0. The summed E-state index contributed by atoms with van der Waals surface area (Å²) in [6.07, 6.45) is 1.02. The third kappa shape index (κ3) is 4.58.